The van der Waals surface area contributed by atoms with Crippen LogP contribution < -0.4 is 10.6 Å². The predicted octanol–water partition coefficient (Wildman–Crippen LogP) is 1.25. The van der Waals surface area contributed by atoms with Crippen molar-refractivity contribution in [2.75, 3.05) is 33.2 Å². The Kier molecular flexibility index (Phi) is 7.13. The average Bonchev–Trinajstić information content (AvgIpc) is 3.22. The Labute approximate surface area is 169 Å². The summed E-state index contributed by atoms with van der Waals surface area (Å²) in [6.07, 6.45) is 3.34. The number of nitrogens with one attached hydrogen (secondary N) is 2. The van der Waals surface area contributed by atoms with Crippen molar-refractivity contribution in [3.63, 3.8) is 0 Å². The van der Waals surface area contributed by atoms with E-state index in [0.29, 0.717) is 0 Å². The van der Waals surface area contributed by atoms with Crippen LogP contribution in [0.5, 0.6) is 0 Å². The van der Waals surface area contributed by atoms with Crippen LogP contribution in [0.4, 0.5) is 0 Å². The van der Waals surface area contributed by atoms with Crippen molar-refractivity contribution >= 4 is 23.2 Å². The molecule has 2 atom stereocenters. The molecule has 3 heterocycles. The molecule has 8 heteroatoms. The van der Waals surface area contributed by atoms with Crippen LogP contribution >= 0.6 is 11.3 Å². The second-order valence-corrected chi connectivity index (χ2v) is 8.08. The predicted molar refractivity (Wildman–Crippen MR) is 110 cm³/mol. The number of nitrogens with zero attached hydrogens (tertiary/aromatic N) is 3. The number of likely N-dealkylation sites (N-methyl/N-ethyl adjacent to an activating group) is 1. The first-order valence-electron chi connectivity index (χ1n) is 9.48. The zero-order valence-electron chi connectivity index (χ0n) is 16.3. The molecule has 0 radical (unpaired) electrons. The number of hydrogen-bond acceptors (Lipinski definition) is 6. The number of hydrogen-bond donors (Lipinski definition) is 2. The highest BCUT2D eigenvalue weighted by atomic mass is 32.1. The van der Waals surface area contributed by atoms with Crippen LogP contribution in [-0.4, -0.2) is 65.9 Å². The molecule has 0 aliphatic carbocycles. The lowest BCUT2D eigenvalue weighted by Crippen LogP contribution is -2.53. The third-order valence-electron chi connectivity index (χ3n) is 4.98. The van der Waals surface area contributed by atoms with Gasteiger partial charge in [-0.25, -0.2) is 0 Å². The first kappa shape index (κ1) is 20.4. The summed E-state index contributed by atoms with van der Waals surface area (Å²) in [7, 11) is 2.12. The van der Waals surface area contributed by atoms with E-state index in [1.807, 2.05) is 24.4 Å². The Hall–Kier alpha value is -2.29. The van der Waals surface area contributed by atoms with Crippen LogP contribution in [0.3, 0.4) is 0 Å². The molecule has 1 aliphatic heterocycles. The van der Waals surface area contributed by atoms with Crippen LogP contribution in [0.15, 0.2) is 42.0 Å². The fourth-order valence-corrected chi connectivity index (χ4v) is 4.38. The van der Waals surface area contributed by atoms with Crippen molar-refractivity contribution in [2.45, 2.75) is 25.6 Å². The van der Waals surface area contributed by atoms with E-state index < -0.39 is 11.8 Å². The van der Waals surface area contributed by atoms with Gasteiger partial charge in [-0.15, -0.1) is 11.3 Å². The standard InChI is InChI=1S/C20H27N5O2S/c1-15(23-20(27)19(26)22-14-16-5-3-7-21-13-16)18(17-6-4-12-28-17)25-10-8-24(2)9-11-25/h3-7,12-13,15,18H,8-11,14H2,1-2H3,(H,22,26)(H,23,27)/t15-,18-/m0/s1. The van der Waals surface area contributed by atoms with E-state index in [1.54, 1.807) is 29.8 Å². The molecule has 0 unspecified atom stereocenters. The van der Waals surface area contributed by atoms with Gasteiger partial charge >= 0.3 is 11.8 Å². The minimum atomic E-state index is -0.626. The number of carbonyl (C=O) groups excluding carboxylic acids is 2. The minimum Gasteiger partial charge on any atom is -0.344 e. The van der Waals surface area contributed by atoms with Crippen LogP contribution in [0.1, 0.15) is 23.4 Å². The van der Waals surface area contributed by atoms with Gasteiger partial charge in [0.05, 0.1) is 6.04 Å². The molecule has 1 saturated heterocycles. The zero-order valence-corrected chi connectivity index (χ0v) is 17.1. The molecule has 1 fully saturated rings. The molecule has 3 rings (SSSR count). The normalized spacial score (nSPS) is 17.6. The second kappa shape index (κ2) is 9.77. The molecule has 0 aromatic carbocycles. The molecule has 2 amide bonds. The summed E-state index contributed by atoms with van der Waals surface area (Å²) >= 11 is 1.68. The number of aromatic nitrogens is 1. The van der Waals surface area contributed by atoms with Crippen molar-refractivity contribution in [1.29, 1.82) is 0 Å². The lowest BCUT2D eigenvalue weighted by atomic mass is 10.0. The highest BCUT2D eigenvalue weighted by Crippen LogP contribution is 2.29. The van der Waals surface area contributed by atoms with E-state index >= 15 is 0 Å². The molecule has 7 nitrogen and oxygen atoms in total. The highest BCUT2D eigenvalue weighted by Gasteiger charge is 2.31. The monoisotopic (exact) mass is 401 g/mol. The summed E-state index contributed by atoms with van der Waals surface area (Å²) in [6, 6.07) is 7.65. The zero-order chi connectivity index (χ0) is 19.9. The molecule has 2 aromatic heterocycles. The summed E-state index contributed by atoms with van der Waals surface area (Å²) < 4.78 is 0. The van der Waals surface area contributed by atoms with Crippen molar-refractivity contribution in [1.82, 2.24) is 25.4 Å². The molecule has 2 N–H and O–H groups in total. The molecule has 28 heavy (non-hydrogen) atoms. The van der Waals surface area contributed by atoms with E-state index in [1.165, 1.54) is 4.88 Å². The van der Waals surface area contributed by atoms with Crippen molar-refractivity contribution in [3.8, 4) is 0 Å². The lowest BCUT2D eigenvalue weighted by molar-refractivity contribution is -0.140. The summed E-state index contributed by atoms with van der Waals surface area (Å²) in [5.41, 5.74) is 0.852. The fourth-order valence-electron chi connectivity index (χ4n) is 3.42. The van der Waals surface area contributed by atoms with E-state index in [-0.39, 0.29) is 18.6 Å². The maximum Gasteiger partial charge on any atom is 0.309 e. The number of rotatable bonds is 6. The second-order valence-electron chi connectivity index (χ2n) is 7.11. The summed E-state index contributed by atoms with van der Waals surface area (Å²) in [4.78, 5) is 34.5. The number of thiophene rings is 1. The highest BCUT2D eigenvalue weighted by molar-refractivity contribution is 7.10. The number of amides is 2. The molecular weight excluding hydrogens is 374 g/mol. The molecular formula is C20H27N5O2S. The smallest absolute Gasteiger partial charge is 0.309 e. The van der Waals surface area contributed by atoms with Gasteiger partial charge in [0.1, 0.15) is 0 Å². The molecule has 0 spiro atoms. The van der Waals surface area contributed by atoms with Gasteiger partial charge in [-0.05, 0) is 37.0 Å². The van der Waals surface area contributed by atoms with Crippen molar-refractivity contribution in [2.24, 2.45) is 0 Å². The van der Waals surface area contributed by atoms with Gasteiger partial charge in [0.25, 0.3) is 0 Å². The van der Waals surface area contributed by atoms with E-state index in [4.69, 9.17) is 0 Å². The Morgan fingerprint density at radius 2 is 1.96 bits per heavy atom. The number of pyridine rings is 1. The molecule has 150 valence electrons. The Morgan fingerprint density at radius 1 is 1.18 bits per heavy atom. The van der Waals surface area contributed by atoms with Crippen LogP contribution in [0.25, 0.3) is 0 Å². The largest absolute Gasteiger partial charge is 0.344 e. The van der Waals surface area contributed by atoms with Gasteiger partial charge in [-0.3, -0.25) is 19.5 Å². The topological polar surface area (TPSA) is 77.6 Å². The van der Waals surface area contributed by atoms with Crippen LogP contribution in [0, 0.1) is 0 Å². The Bertz CT molecular complexity index is 760. The number of carbonyl (C=O) groups is 2. The number of piperazine rings is 1. The average molecular weight is 402 g/mol. The van der Waals surface area contributed by atoms with Gasteiger partial charge in [-0.2, -0.15) is 0 Å². The maximum absolute atomic E-state index is 12.4. The van der Waals surface area contributed by atoms with E-state index in [9.17, 15) is 9.59 Å². The minimum absolute atomic E-state index is 0.0590. The Balaban J connectivity index is 1.60. The van der Waals surface area contributed by atoms with Gasteiger partial charge in [0.2, 0.25) is 0 Å². The van der Waals surface area contributed by atoms with Gasteiger partial charge < -0.3 is 15.5 Å². The summed E-state index contributed by atoms with van der Waals surface area (Å²) in [5.74, 6) is -1.23. The summed E-state index contributed by atoms with van der Waals surface area (Å²) in [6.45, 7) is 6.11. The first-order chi connectivity index (χ1) is 13.5. The first-order valence-corrected chi connectivity index (χ1v) is 10.4. The molecule has 0 bridgehead atoms. The quantitative estimate of drug-likeness (QED) is 0.713. The van der Waals surface area contributed by atoms with Crippen LogP contribution in [0.2, 0.25) is 0 Å². The molecule has 2 aromatic rings. The van der Waals surface area contributed by atoms with E-state index in [2.05, 4.69) is 38.5 Å². The van der Waals surface area contributed by atoms with Crippen molar-refractivity contribution in [3.05, 3.63) is 52.5 Å². The SMILES string of the molecule is C[C@H](NC(=O)C(=O)NCc1cccnc1)[C@@H](c1cccs1)N1CCN(C)CC1. The fraction of sp³-hybridized carbons (Fsp3) is 0.450. The molecule has 0 saturated carbocycles. The van der Waals surface area contributed by atoms with Gasteiger partial charge in [-0.1, -0.05) is 12.1 Å². The molecule has 1 aliphatic rings. The van der Waals surface area contributed by atoms with Crippen LogP contribution in [-0.2, 0) is 16.1 Å². The van der Waals surface area contributed by atoms with Gasteiger partial charge in [0.15, 0.2) is 0 Å². The van der Waals surface area contributed by atoms with Crippen molar-refractivity contribution < 1.29 is 9.59 Å². The lowest BCUT2D eigenvalue weighted by Gasteiger charge is -2.40. The van der Waals surface area contributed by atoms with Gasteiger partial charge in [0, 0.05) is 56.0 Å². The summed E-state index contributed by atoms with van der Waals surface area (Å²) in [5, 5.41) is 7.60. The van der Waals surface area contributed by atoms with E-state index in [0.717, 1.165) is 31.7 Å². The maximum atomic E-state index is 12.4. The third kappa shape index (κ3) is 5.37. The Morgan fingerprint density at radius 3 is 2.61 bits per heavy atom. The third-order valence-corrected chi connectivity index (χ3v) is 5.92.